The number of anilines is 2. The lowest BCUT2D eigenvalue weighted by molar-refractivity contribution is 0.0945. The Morgan fingerprint density at radius 3 is 2.69 bits per heavy atom. The lowest BCUT2D eigenvalue weighted by Crippen LogP contribution is -2.25. The van der Waals surface area contributed by atoms with Gasteiger partial charge in [-0.2, -0.15) is 4.98 Å². The molecular formula is C28H27N5O3. The molecule has 0 aliphatic carbocycles. The molecule has 1 N–H and O–H groups in total. The standard InChI is InChI=1S/C28H27N5O3/c1-19-5-3-7-22-12-14-33(25(19)22)28-31-17-24(26(34)30-16-21-6-4-13-29-15-21)27(32-28)36-18-20-8-10-23(35-2)11-9-20/h3-11,13,15,17H,12,14,16,18H2,1-2H3,(H,30,34). The van der Waals surface area contributed by atoms with Crippen LogP contribution in [-0.2, 0) is 19.6 Å². The number of amides is 1. The maximum Gasteiger partial charge on any atom is 0.258 e. The van der Waals surface area contributed by atoms with Gasteiger partial charge in [-0.1, -0.05) is 36.4 Å². The van der Waals surface area contributed by atoms with Crippen molar-refractivity contribution in [1.29, 1.82) is 0 Å². The van der Waals surface area contributed by atoms with Gasteiger partial charge < -0.3 is 19.7 Å². The number of para-hydroxylation sites is 1. The zero-order chi connectivity index (χ0) is 24.9. The summed E-state index contributed by atoms with van der Waals surface area (Å²) >= 11 is 0. The van der Waals surface area contributed by atoms with E-state index >= 15 is 0 Å². The number of hydrogen-bond acceptors (Lipinski definition) is 7. The van der Waals surface area contributed by atoms with Crippen molar-refractivity contribution in [3.63, 3.8) is 0 Å². The first-order chi connectivity index (χ1) is 17.6. The fourth-order valence-corrected chi connectivity index (χ4v) is 4.26. The van der Waals surface area contributed by atoms with Gasteiger partial charge in [0.25, 0.3) is 5.91 Å². The number of fused-ring (bicyclic) bond motifs is 1. The Morgan fingerprint density at radius 2 is 1.92 bits per heavy atom. The topological polar surface area (TPSA) is 89.5 Å². The van der Waals surface area contributed by atoms with Crippen molar-refractivity contribution in [2.24, 2.45) is 0 Å². The lowest BCUT2D eigenvalue weighted by atomic mass is 10.1. The molecule has 8 nitrogen and oxygen atoms in total. The molecule has 0 fully saturated rings. The number of carbonyl (C=O) groups excluding carboxylic acids is 1. The zero-order valence-electron chi connectivity index (χ0n) is 20.3. The highest BCUT2D eigenvalue weighted by Crippen LogP contribution is 2.36. The van der Waals surface area contributed by atoms with E-state index in [4.69, 9.17) is 14.5 Å². The number of carbonyl (C=O) groups is 1. The van der Waals surface area contributed by atoms with Crippen LogP contribution in [0.15, 0.2) is 73.2 Å². The number of aromatic nitrogens is 3. The van der Waals surface area contributed by atoms with E-state index < -0.39 is 0 Å². The minimum atomic E-state index is -0.312. The van der Waals surface area contributed by atoms with Crippen LogP contribution in [0.3, 0.4) is 0 Å². The summed E-state index contributed by atoms with van der Waals surface area (Å²) in [6.07, 6.45) is 5.87. The monoisotopic (exact) mass is 481 g/mol. The maximum atomic E-state index is 13.1. The Balaban J connectivity index is 1.42. The van der Waals surface area contributed by atoms with Gasteiger partial charge in [0.15, 0.2) is 0 Å². The number of methoxy groups -OCH3 is 1. The van der Waals surface area contributed by atoms with Gasteiger partial charge in [0.05, 0.1) is 12.8 Å². The van der Waals surface area contributed by atoms with E-state index in [-0.39, 0.29) is 24.0 Å². The van der Waals surface area contributed by atoms with Crippen molar-refractivity contribution < 1.29 is 14.3 Å². The number of nitrogens with one attached hydrogen (secondary N) is 1. The highest BCUT2D eigenvalue weighted by Gasteiger charge is 2.26. The summed E-state index contributed by atoms with van der Waals surface area (Å²) in [5.41, 5.74) is 5.64. The van der Waals surface area contributed by atoms with Crippen molar-refractivity contribution in [3.05, 3.63) is 101 Å². The second-order valence-electron chi connectivity index (χ2n) is 8.55. The van der Waals surface area contributed by atoms with Gasteiger partial charge in [-0.15, -0.1) is 0 Å². The molecule has 0 radical (unpaired) electrons. The zero-order valence-corrected chi connectivity index (χ0v) is 20.3. The maximum absolute atomic E-state index is 13.1. The van der Waals surface area contributed by atoms with Gasteiger partial charge >= 0.3 is 0 Å². The predicted octanol–water partition coefficient (Wildman–Crippen LogP) is 4.39. The molecular weight excluding hydrogens is 454 g/mol. The average Bonchev–Trinajstić information content (AvgIpc) is 3.37. The molecule has 182 valence electrons. The molecule has 4 aromatic rings. The number of hydrogen-bond donors (Lipinski definition) is 1. The quantitative estimate of drug-likeness (QED) is 0.399. The third kappa shape index (κ3) is 4.98. The summed E-state index contributed by atoms with van der Waals surface area (Å²) in [5.74, 6) is 1.20. The van der Waals surface area contributed by atoms with Crippen molar-refractivity contribution in [1.82, 2.24) is 20.3 Å². The van der Waals surface area contributed by atoms with E-state index in [2.05, 4.69) is 45.3 Å². The highest BCUT2D eigenvalue weighted by atomic mass is 16.5. The van der Waals surface area contributed by atoms with Crippen molar-refractivity contribution in [2.75, 3.05) is 18.6 Å². The van der Waals surface area contributed by atoms with Gasteiger partial charge in [-0.25, -0.2) is 4.98 Å². The number of aryl methyl sites for hydroxylation is 1. The van der Waals surface area contributed by atoms with Crippen LogP contribution >= 0.6 is 0 Å². The second-order valence-corrected chi connectivity index (χ2v) is 8.55. The number of rotatable bonds is 8. The van der Waals surface area contributed by atoms with Crippen molar-refractivity contribution in [2.45, 2.75) is 26.5 Å². The molecule has 36 heavy (non-hydrogen) atoms. The molecule has 2 aromatic heterocycles. The third-order valence-corrected chi connectivity index (χ3v) is 6.13. The van der Waals surface area contributed by atoms with Crippen LogP contribution in [0, 0.1) is 6.92 Å². The largest absolute Gasteiger partial charge is 0.497 e. The molecule has 0 spiro atoms. The molecule has 0 atom stereocenters. The van der Waals surface area contributed by atoms with Crippen LogP contribution in [0.2, 0.25) is 0 Å². The summed E-state index contributed by atoms with van der Waals surface area (Å²) in [6.45, 7) is 3.44. The van der Waals surface area contributed by atoms with E-state index in [9.17, 15) is 4.79 Å². The Morgan fingerprint density at radius 1 is 1.06 bits per heavy atom. The van der Waals surface area contributed by atoms with Gasteiger partial charge in [0, 0.05) is 31.7 Å². The van der Waals surface area contributed by atoms with Gasteiger partial charge in [-0.3, -0.25) is 9.78 Å². The van der Waals surface area contributed by atoms with E-state index in [1.54, 1.807) is 25.7 Å². The van der Waals surface area contributed by atoms with Crippen LogP contribution in [0.1, 0.15) is 32.6 Å². The summed E-state index contributed by atoms with van der Waals surface area (Å²) in [5, 5.41) is 2.91. The van der Waals surface area contributed by atoms with Crippen molar-refractivity contribution in [3.8, 4) is 11.6 Å². The molecule has 0 bridgehead atoms. The summed E-state index contributed by atoms with van der Waals surface area (Å²) in [7, 11) is 1.63. The number of nitrogens with zero attached hydrogens (tertiary/aromatic N) is 4. The molecule has 5 rings (SSSR count). The molecule has 1 amide bonds. The van der Waals surface area contributed by atoms with Gasteiger partial charge in [-0.05, 0) is 53.8 Å². The van der Waals surface area contributed by atoms with E-state index in [1.807, 2.05) is 36.4 Å². The Hall–Kier alpha value is -4.46. The van der Waals surface area contributed by atoms with Gasteiger partial charge in [0.2, 0.25) is 11.8 Å². The summed E-state index contributed by atoms with van der Waals surface area (Å²) in [6, 6.07) is 17.6. The average molecular weight is 482 g/mol. The molecule has 0 saturated carbocycles. The highest BCUT2D eigenvalue weighted by molar-refractivity contribution is 5.96. The third-order valence-electron chi connectivity index (χ3n) is 6.13. The number of benzene rings is 2. The van der Waals surface area contributed by atoms with E-state index in [0.29, 0.717) is 12.5 Å². The van der Waals surface area contributed by atoms with Crippen LogP contribution in [0.5, 0.6) is 11.6 Å². The van der Waals surface area contributed by atoms with Crippen LogP contribution in [0.4, 0.5) is 11.6 Å². The number of ether oxygens (including phenoxy) is 2. The van der Waals surface area contributed by atoms with Crippen molar-refractivity contribution >= 4 is 17.5 Å². The van der Waals surface area contributed by atoms with Crippen LogP contribution in [-0.4, -0.2) is 34.5 Å². The SMILES string of the molecule is COc1ccc(COc2nc(N3CCc4cccc(C)c43)ncc2C(=O)NCc2cccnc2)cc1. The number of pyridine rings is 1. The molecule has 0 saturated heterocycles. The Labute approximate surface area is 210 Å². The fourth-order valence-electron chi connectivity index (χ4n) is 4.26. The second kappa shape index (κ2) is 10.4. The van der Waals surface area contributed by atoms with Crippen LogP contribution in [0.25, 0.3) is 0 Å². The van der Waals surface area contributed by atoms with Crippen LogP contribution < -0.4 is 19.7 Å². The molecule has 1 aliphatic rings. The van der Waals surface area contributed by atoms with Gasteiger partial charge in [0.1, 0.15) is 17.9 Å². The molecule has 2 aromatic carbocycles. The summed E-state index contributed by atoms with van der Waals surface area (Å²) < 4.78 is 11.3. The molecule has 0 unspecified atom stereocenters. The first kappa shape index (κ1) is 23.3. The predicted molar refractivity (Wildman–Crippen MR) is 137 cm³/mol. The minimum Gasteiger partial charge on any atom is -0.497 e. The Bertz CT molecular complexity index is 1360. The molecule has 1 aliphatic heterocycles. The molecule has 3 heterocycles. The fraction of sp³-hybridized carbons (Fsp3) is 0.214. The first-order valence-electron chi connectivity index (χ1n) is 11.8. The smallest absolute Gasteiger partial charge is 0.258 e. The lowest BCUT2D eigenvalue weighted by Gasteiger charge is -2.20. The molecule has 8 heteroatoms. The minimum absolute atomic E-state index is 0.238. The first-order valence-corrected chi connectivity index (χ1v) is 11.8. The summed E-state index contributed by atoms with van der Waals surface area (Å²) in [4.78, 5) is 28.6. The normalized spacial score (nSPS) is 12.2. The Kier molecular flexibility index (Phi) is 6.75. The van der Waals surface area contributed by atoms with E-state index in [1.165, 1.54) is 5.56 Å². The van der Waals surface area contributed by atoms with E-state index in [0.717, 1.165) is 41.1 Å².